The van der Waals surface area contributed by atoms with Crippen LogP contribution in [0.1, 0.15) is 21.6 Å². The zero-order valence-corrected chi connectivity index (χ0v) is 18.0. The van der Waals surface area contributed by atoms with Gasteiger partial charge in [0.05, 0.1) is 26.5 Å². The highest BCUT2D eigenvalue weighted by Gasteiger charge is 2.13. The molecule has 2 aromatic carbocycles. The SMILES string of the molecule is COc1cc(OC)cc(C(=O)NCc2cc(=O)n3nc(-c4ccc(C)cc4)sc3n2)c1. The van der Waals surface area contributed by atoms with Gasteiger partial charge in [0.15, 0.2) is 0 Å². The number of carbonyl (C=O) groups is 1. The minimum Gasteiger partial charge on any atom is -0.497 e. The Labute approximate surface area is 182 Å². The first kappa shape index (κ1) is 20.5. The molecule has 0 saturated carbocycles. The smallest absolute Gasteiger partial charge is 0.275 e. The summed E-state index contributed by atoms with van der Waals surface area (Å²) in [6.07, 6.45) is 0. The van der Waals surface area contributed by atoms with E-state index in [9.17, 15) is 9.59 Å². The van der Waals surface area contributed by atoms with Gasteiger partial charge in [-0.3, -0.25) is 9.59 Å². The van der Waals surface area contributed by atoms with Gasteiger partial charge in [0, 0.05) is 23.3 Å². The van der Waals surface area contributed by atoms with Gasteiger partial charge in [0.1, 0.15) is 16.5 Å². The van der Waals surface area contributed by atoms with Gasteiger partial charge >= 0.3 is 0 Å². The maximum Gasteiger partial charge on any atom is 0.275 e. The molecule has 0 saturated heterocycles. The summed E-state index contributed by atoms with van der Waals surface area (Å²) >= 11 is 1.32. The highest BCUT2D eigenvalue weighted by atomic mass is 32.1. The van der Waals surface area contributed by atoms with Gasteiger partial charge in [-0.25, -0.2) is 4.98 Å². The minimum absolute atomic E-state index is 0.0991. The van der Waals surface area contributed by atoms with Crippen LogP contribution in [0.25, 0.3) is 15.5 Å². The second-order valence-electron chi connectivity index (χ2n) is 6.84. The number of methoxy groups -OCH3 is 2. The molecule has 4 rings (SSSR count). The van der Waals surface area contributed by atoms with Gasteiger partial charge in [0.25, 0.3) is 11.5 Å². The van der Waals surface area contributed by atoms with E-state index >= 15 is 0 Å². The van der Waals surface area contributed by atoms with Crippen molar-refractivity contribution in [1.29, 1.82) is 0 Å². The Bertz CT molecular complexity index is 1290. The summed E-state index contributed by atoms with van der Waals surface area (Å²) in [6, 6.07) is 14.2. The maximum absolute atomic E-state index is 12.6. The molecule has 31 heavy (non-hydrogen) atoms. The fourth-order valence-electron chi connectivity index (χ4n) is 2.97. The van der Waals surface area contributed by atoms with E-state index in [0.29, 0.717) is 32.7 Å². The van der Waals surface area contributed by atoms with Crippen LogP contribution in [-0.2, 0) is 6.54 Å². The van der Waals surface area contributed by atoms with E-state index in [1.54, 1.807) is 18.2 Å². The summed E-state index contributed by atoms with van der Waals surface area (Å²) in [5, 5.41) is 7.86. The van der Waals surface area contributed by atoms with Crippen LogP contribution < -0.4 is 20.3 Å². The standard InChI is InChI=1S/C22H20N4O4S/c1-13-4-6-14(7-5-13)21-25-26-19(27)10-16(24-22(26)31-21)12-23-20(28)15-8-17(29-2)11-18(9-15)30-3/h4-11H,12H2,1-3H3,(H,23,28). The van der Waals surface area contributed by atoms with Crippen LogP contribution in [0.5, 0.6) is 11.5 Å². The average Bonchev–Trinajstić information content (AvgIpc) is 3.22. The van der Waals surface area contributed by atoms with Gasteiger partial charge in [-0.15, -0.1) is 0 Å². The van der Waals surface area contributed by atoms with Crippen molar-refractivity contribution in [3.63, 3.8) is 0 Å². The van der Waals surface area contributed by atoms with E-state index in [4.69, 9.17) is 9.47 Å². The fourth-order valence-corrected chi connectivity index (χ4v) is 3.90. The van der Waals surface area contributed by atoms with Gasteiger partial charge in [-0.1, -0.05) is 41.2 Å². The lowest BCUT2D eigenvalue weighted by Gasteiger charge is -2.09. The Morgan fingerprint density at radius 3 is 2.39 bits per heavy atom. The topological polar surface area (TPSA) is 94.8 Å². The van der Waals surface area contributed by atoms with Crippen LogP contribution in [0, 0.1) is 6.92 Å². The van der Waals surface area contributed by atoms with E-state index in [0.717, 1.165) is 11.1 Å². The number of fused-ring (bicyclic) bond motifs is 1. The summed E-state index contributed by atoms with van der Waals surface area (Å²) in [5.41, 5.74) is 2.60. The number of nitrogens with zero attached hydrogens (tertiary/aromatic N) is 3. The predicted molar refractivity (Wildman–Crippen MR) is 118 cm³/mol. The van der Waals surface area contributed by atoms with Gasteiger partial charge < -0.3 is 14.8 Å². The molecular weight excluding hydrogens is 416 g/mol. The van der Waals surface area contributed by atoms with Crippen molar-refractivity contribution < 1.29 is 14.3 Å². The minimum atomic E-state index is -0.330. The number of hydrogen-bond acceptors (Lipinski definition) is 7. The number of aryl methyl sites for hydroxylation is 1. The molecule has 0 aliphatic heterocycles. The number of carbonyl (C=O) groups excluding carboxylic acids is 1. The molecular formula is C22H20N4O4S. The Morgan fingerprint density at radius 2 is 1.74 bits per heavy atom. The van der Waals surface area contributed by atoms with Crippen molar-refractivity contribution in [2.75, 3.05) is 14.2 Å². The Hall–Kier alpha value is -3.72. The van der Waals surface area contributed by atoms with E-state index in [1.807, 2.05) is 31.2 Å². The van der Waals surface area contributed by atoms with Crippen LogP contribution in [0.15, 0.2) is 53.3 Å². The molecule has 2 heterocycles. The van der Waals surface area contributed by atoms with Crippen LogP contribution in [-0.4, -0.2) is 34.7 Å². The van der Waals surface area contributed by atoms with E-state index in [-0.39, 0.29) is 18.0 Å². The zero-order valence-electron chi connectivity index (χ0n) is 17.2. The number of rotatable bonds is 6. The number of ether oxygens (including phenoxy) is 2. The number of benzene rings is 2. The second kappa shape index (κ2) is 8.57. The van der Waals surface area contributed by atoms with Crippen molar-refractivity contribution in [3.05, 3.63) is 75.7 Å². The molecule has 0 aliphatic rings. The molecule has 0 fully saturated rings. The van der Waals surface area contributed by atoms with E-state index < -0.39 is 0 Å². The highest BCUT2D eigenvalue weighted by molar-refractivity contribution is 7.19. The fraction of sp³-hybridized carbons (Fsp3) is 0.182. The Balaban J connectivity index is 1.56. The quantitative estimate of drug-likeness (QED) is 0.499. The lowest BCUT2D eigenvalue weighted by atomic mass is 10.2. The van der Waals surface area contributed by atoms with Crippen molar-refractivity contribution in [2.45, 2.75) is 13.5 Å². The molecule has 8 nitrogen and oxygen atoms in total. The molecule has 0 spiro atoms. The third kappa shape index (κ3) is 4.41. The first-order chi connectivity index (χ1) is 15.0. The average molecular weight is 436 g/mol. The molecule has 9 heteroatoms. The van der Waals surface area contributed by atoms with Gasteiger partial charge in [-0.05, 0) is 19.1 Å². The van der Waals surface area contributed by atoms with E-state index in [1.165, 1.54) is 36.1 Å². The Kier molecular flexibility index (Phi) is 5.68. The summed E-state index contributed by atoms with van der Waals surface area (Å²) in [5.74, 6) is 0.690. The summed E-state index contributed by atoms with van der Waals surface area (Å²) in [4.78, 5) is 30.0. The van der Waals surface area contributed by atoms with Crippen LogP contribution in [0.2, 0.25) is 0 Å². The molecule has 0 radical (unpaired) electrons. The molecule has 1 amide bonds. The first-order valence-electron chi connectivity index (χ1n) is 9.45. The third-order valence-corrected chi connectivity index (χ3v) is 5.60. The maximum atomic E-state index is 12.6. The second-order valence-corrected chi connectivity index (χ2v) is 7.79. The number of hydrogen-bond donors (Lipinski definition) is 1. The summed E-state index contributed by atoms with van der Waals surface area (Å²) in [6.45, 7) is 2.11. The van der Waals surface area contributed by atoms with Crippen molar-refractivity contribution in [1.82, 2.24) is 19.9 Å². The first-order valence-corrected chi connectivity index (χ1v) is 10.3. The van der Waals surface area contributed by atoms with Gasteiger partial charge in [-0.2, -0.15) is 9.61 Å². The number of nitrogens with one attached hydrogen (secondary N) is 1. The normalized spacial score (nSPS) is 10.8. The number of aromatic nitrogens is 3. The van der Waals surface area contributed by atoms with E-state index in [2.05, 4.69) is 15.4 Å². The molecule has 158 valence electrons. The van der Waals surface area contributed by atoms with Crippen LogP contribution in [0.4, 0.5) is 0 Å². The highest BCUT2D eigenvalue weighted by Crippen LogP contribution is 2.25. The number of amides is 1. The monoisotopic (exact) mass is 436 g/mol. The molecule has 0 aliphatic carbocycles. The molecule has 0 atom stereocenters. The Morgan fingerprint density at radius 1 is 1.06 bits per heavy atom. The van der Waals surface area contributed by atoms with Crippen LogP contribution in [0.3, 0.4) is 0 Å². The molecule has 1 N–H and O–H groups in total. The van der Waals surface area contributed by atoms with Crippen molar-refractivity contribution >= 4 is 22.2 Å². The van der Waals surface area contributed by atoms with Crippen molar-refractivity contribution in [2.24, 2.45) is 0 Å². The lowest BCUT2D eigenvalue weighted by molar-refractivity contribution is 0.0949. The predicted octanol–water partition coefficient (Wildman–Crippen LogP) is 3.07. The van der Waals surface area contributed by atoms with Crippen LogP contribution >= 0.6 is 11.3 Å². The summed E-state index contributed by atoms with van der Waals surface area (Å²) in [7, 11) is 3.03. The zero-order chi connectivity index (χ0) is 22.0. The van der Waals surface area contributed by atoms with Gasteiger partial charge in [0.2, 0.25) is 4.96 Å². The molecule has 2 aromatic heterocycles. The molecule has 0 bridgehead atoms. The summed E-state index contributed by atoms with van der Waals surface area (Å²) < 4.78 is 11.7. The molecule has 0 unspecified atom stereocenters. The third-order valence-electron chi connectivity index (χ3n) is 4.64. The van der Waals surface area contributed by atoms with Crippen molar-refractivity contribution in [3.8, 4) is 22.1 Å². The largest absolute Gasteiger partial charge is 0.497 e. The molecule has 4 aromatic rings. The lowest BCUT2D eigenvalue weighted by Crippen LogP contribution is -2.25.